The van der Waals surface area contributed by atoms with E-state index in [1.165, 1.54) is 25.7 Å². The highest BCUT2D eigenvalue weighted by atomic mass is 35.5. The molecule has 0 amide bonds. The van der Waals surface area contributed by atoms with E-state index in [1.807, 2.05) is 26.1 Å². The van der Waals surface area contributed by atoms with Crippen molar-refractivity contribution >= 4 is 28.3 Å². The summed E-state index contributed by atoms with van der Waals surface area (Å²) in [6, 6.07) is 7.16. The predicted molar refractivity (Wildman–Crippen MR) is 144 cm³/mol. The molecule has 2 bridgehead atoms. The van der Waals surface area contributed by atoms with Gasteiger partial charge in [0.05, 0.1) is 28.8 Å². The molecular weight excluding hydrogens is 472 g/mol. The quantitative estimate of drug-likeness (QED) is 0.364. The zero-order valence-corrected chi connectivity index (χ0v) is 22.8. The lowest BCUT2D eigenvalue weighted by molar-refractivity contribution is -0.157. The molecule has 5 rings (SSSR count). The Morgan fingerprint density at radius 2 is 1.83 bits per heavy atom. The summed E-state index contributed by atoms with van der Waals surface area (Å²) < 4.78 is 11.9. The summed E-state index contributed by atoms with van der Waals surface area (Å²) >= 11 is 6.80. The predicted octanol–water partition coefficient (Wildman–Crippen LogP) is 7.32. The molecule has 1 aromatic carbocycles. The fourth-order valence-electron chi connectivity index (χ4n) is 6.67. The summed E-state index contributed by atoms with van der Waals surface area (Å²) in [5, 5.41) is 2.73. The number of benzene rings is 1. The molecule has 0 spiro atoms. The summed E-state index contributed by atoms with van der Waals surface area (Å²) in [4.78, 5) is 20.0. The van der Waals surface area contributed by atoms with Gasteiger partial charge < -0.3 is 9.47 Å². The number of hydrogen-bond acceptors (Lipinski definition) is 5. The van der Waals surface area contributed by atoms with Gasteiger partial charge in [-0.05, 0) is 88.7 Å². The lowest BCUT2D eigenvalue weighted by Gasteiger charge is -2.48. The Balaban J connectivity index is 1.26. The Kier molecular flexibility index (Phi) is 8.07. The third-order valence-electron chi connectivity index (χ3n) is 8.68. The topological polar surface area (TPSA) is 51.7 Å². The number of ether oxygens (including phenoxy) is 2. The lowest BCUT2D eigenvalue weighted by atomic mass is 9.78. The molecule has 2 atom stereocenters. The zero-order valence-electron chi connectivity index (χ0n) is 22.0. The zero-order chi connectivity index (χ0) is 25.2. The maximum absolute atomic E-state index is 12.6. The van der Waals surface area contributed by atoms with Crippen molar-refractivity contribution in [2.24, 2.45) is 11.8 Å². The lowest BCUT2D eigenvalue weighted by Crippen LogP contribution is -2.53. The fraction of sp³-hybridized carbons (Fsp3) is 0.667. The molecule has 6 heteroatoms. The summed E-state index contributed by atoms with van der Waals surface area (Å²) in [6.45, 7) is 6.95. The van der Waals surface area contributed by atoms with E-state index in [9.17, 15) is 4.79 Å². The van der Waals surface area contributed by atoms with Crippen molar-refractivity contribution in [3.63, 3.8) is 0 Å². The van der Waals surface area contributed by atoms with Crippen LogP contribution in [-0.4, -0.2) is 40.1 Å². The highest BCUT2D eigenvalue weighted by Gasteiger charge is 2.41. The standard InChI is InChI=1S/C30H41ClN2O3/c1-4-20-8-11-26(12-9-20)36-28-13-10-21-14-23(32-17-27(21)29(28)31)18-33-24-6-5-7-25(33)16-22(15-24)30(34)35-19(2)3/h10,13-14,17,19-20,22,24-26H,4-9,11-12,15-16,18H2,1-3H3. The second-order valence-corrected chi connectivity index (χ2v) is 11.9. The summed E-state index contributed by atoms with van der Waals surface area (Å²) in [5.41, 5.74) is 1.06. The minimum atomic E-state index is -0.0500. The van der Waals surface area contributed by atoms with Gasteiger partial charge in [0.25, 0.3) is 0 Å². The number of piperidine rings is 2. The largest absolute Gasteiger partial charge is 0.489 e. The molecule has 1 aliphatic carbocycles. The minimum Gasteiger partial charge on any atom is -0.489 e. The van der Waals surface area contributed by atoms with Gasteiger partial charge in [-0.1, -0.05) is 37.4 Å². The number of fused-ring (bicyclic) bond motifs is 3. The van der Waals surface area contributed by atoms with Crippen LogP contribution in [0.25, 0.3) is 10.8 Å². The van der Waals surface area contributed by atoms with Gasteiger partial charge >= 0.3 is 5.97 Å². The molecule has 3 fully saturated rings. The second-order valence-electron chi connectivity index (χ2n) is 11.5. The Morgan fingerprint density at radius 1 is 1.11 bits per heavy atom. The monoisotopic (exact) mass is 512 g/mol. The average molecular weight is 513 g/mol. The Morgan fingerprint density at radius 3 is 2.50 bits per heavy atom. The molecule has 2 aromatic rings. The average Bonchev–Trinajstić information content (AvgIpc) is 2.85. The molecule has 0 radical (unpaired) electrons. The van der Waals surface area contributed by atoms with Crippen LogP contribution < -0.4 is 4.74 Å². The smallest absolute Gasteiger partial charge is 0.309 e. The van der Waals surface area contributed by atoms with E-state index < -0.39 is 0 Å². The van der Waals surface area contributed by atoms with Gasteiger partial charge in [0, 0.05) is 30.2 Å². The van der Waals surface area contributed by atoms with Crippen molar-refractivity contribution < 1.29 is 14.3 Å². The van der Waals surface area contributed by atoms with Crippen LogP contribution in [0, 0.1) is 11.8 Å². The van der Waals surface area contributed by atoms with Crippen LogP contribution in [0.15, 0.2) is 24.4 Å². The maximum Gasteiger partial charge on any atom is 0.309 e. The number of pyridine rings is 1. The van der Waals surface area contributed by atoms with Crippen LogP contribution in [0.4, 0.5) is 0 Å². The van der Waals surface area contributed by atoms with Gasteiger partial charge in [-0.15, -0.1) is 0 Å². The molecule has 3 heterocycles. The van der Waals surface area contributed by atoms with Crippen molar-refractivity contribution in [2.45, 2.75) is 116 Å². The second kappa shape index (κ2) is 11.3. The Hall–Kier alpha value is -1.85. The first kappa shape index (κ1) is 25.8. The van der Waals surface area contributed by atoms with Gasteiger partial charge in [0.15, 0.2) is 0 Å². The maximum atomic E-state index is 12.6. The molecule has 2 saturated heterocycles. The van der Waals surface area contributed by atoms with E-state index in [2.05, 4.69) is 24.0 Å². The molecule has 2 aliphatic heterocycles. The van der Waals surface area contributed by atoms with Crippen LogP contribution in [-0.2, 0) is 16.1 Å². The molecule has 0 N–H and O–H groups in total. The van der Waals surface area contributed by atoms with E-state index in [-0.39, 0.29) is 24.1 Å². The molecule has 1 aromatic heterocycles. The molecule has 1 saturated carbocycles. The van der Waals surface area contributed by atoms with E-state index in [0.29, 0.717) is 17.1 Å². The number of carbonyl (C=O) groups excluding carboxylic acids is 1. The molecular formula is C30H41ClN2O3. The van der Waals surface area contributed by atoms with Crippen LogP contribution in [0.1, 0.15) is 90.7 Å². The molecule has 196 valence electrons. The number of carbonyl (C=O) groups is 1. The van der Waals surface area contributed by atoms with Gasteiger partial charge in [0.2, 0.25) is 0 Å². The minimum absolute atomic E-state index is 0.0172. The number of esters is 1. The first-order valence-electron chi connectivity index (χ1n) is 14.1. The van der Waals surface area contributed by atoms with Crippen LogP contribution >= 0.6 is 11.6 Å². The van der Waals surface area contributed by atoms with Crippen molar-refractivity contribution in [3.05, 3.63) is 35.1 Å². The van der Waals surface area contributed by atoms with E-state index in [4.69, 9.17) is 26.1 Å². The van der Waals surface area contributed by atoms with Crippen molar-refractivity contribution in [2.75, 3.05) is 0 Å². The van der Waals surface area contributed by atoms with Crippen molar-refractivity contribution in [1.82, 2.24) is 9.88 Å². The number of hydrogen-bond donors (Lipinski definition) is 0. The number of nitrogens with zero attached hydrogens (tertiary/aromatic N) is 2. The third kappa shape index (κ3) is 5.67. The number of rotatable bonds is 7. The van der Waals surface area contributed by atoms with Gasteiger partial charge in [-0.25, -0.2) is 0 Å². The Labute approximate surface area is 220 Å². The van der Waals surface area contributed by atoms with E-state index >= 15 is 0 Å². The number of aromatic nitrogens is 1. The van der Waals surface area contributed by atoms with E-state index in [1.54, 1.807) is 0 Å². The highest BCUT2D eigenvalue weighted by molar-refractivity contribution is 6.37. The molecule has 3 aliphatic rings. The SMILES string of the molecule is CCC1CCC(Oc2ccc3cc(CN4C5CCCC4CC(C(=O)OC(C)C)C5)ncc3c2Cl)CC1. The van der Waals surface area contributed by atoms with Crippen LogP contribution in [0.3, 0.4) is 0 Å². The van der Waals surface area contributed by atoms with Gasteiger partial charge in [0.1, 0.15) is 5.75 Å². The number of halogens is 1. The van der Waals surface area contributed by atoms with E-state index in [0.717, 1.165) is 73.2 Å². The fourth-order valence-corrected chi connectivity index (χ4v) is 6.93. The molecule has 2 unspecified atom stereocenters. The van der Waals surface area contributed by atoms with Crippen LogP contribution in [0.5, 0.6) is 5.75 Å². The molecule has 36 heavy (non-hydrogen) atoms. The van der Waals surface area contributed by atoms with Gasteiger partial charge in [-0.2, -0.15) is 0 Å². The first-order valence-corrected chi connectivity index (χ1v) is 14.5. The summed E-state index contributed by atoms with van der Waals surface area (Å²) in [5.74, 6) is 1.64. The highest BCUT2D eigenvalue weighted by Crippen LogP contribution is 2.40. The third-order valence-corrected chi connectivity index (χ3v) is 9.07. The summed E-state index contributed by atoms with van der Waals surface area (Å²) in [6.07, 6.45) is 13.4. The van der Waals surface area contributed by atoms with Crippen molar-refractivity contribution in [1.29, 1.82) is 0 Å². The normalized spacial score (nSPS) is 28.9. The Bertz CT molecular complexity index is 1050. The summed E-state index contributed by atoms with van der Waals surface area (Å²) in [7, 11) is 0. The van der Waals surface area contributed by atoms with Gasteiger partial charge in [-0.3, -0.25) is 14.7 Å². The first-order chi connectivity index (χ1) is 17.4. The van der Waals surface area contributed by atoms with Crippen molar-refractivity contribution in [3.8, 4) is 5.75 Å². The molecule has 5 nitrogen and oxygen atoms in total. The van der Waals surface area contributed by atoms with Crippen LogP contribution in [0.2, 0.25) is 5.02 Å².